The fourth-order valence-electron chi connectivity index (χ4n) is 1.70. The van der Waals surface area contributed by atoms with Gasteiger partial charge >= 0.3 is 6.03 Å². The predicted molar refractivity (Wildman–Crippen MR) is 75.6 cm³/mol. The van der Waals surface area contributed by atoms with Crippen LogP contribution in [0.3, 0.4) is 0 Å². The van der Waals surface area contributed by atoms with Crippen LogP contribution in [0.15, 0.2) is 24.3 Å². The van der Waals surface area contributed by atoms with E-state index in [1.165, 1.54) is 0 Å². The second kappa shape index (κ2) is 7.63. The number of nitrogens with one attached hydrogen (secondary N) is 1. The van der Waals surface area contributed by atoms with Gasteiger partial charge < -0.3 is 20.1 Å². The van der Waals surface area contributed by atoms with Gasteiger partial charge in [-0.05, 0) is 44.5 Å². The average Bonchev–Trinajstić information content (AvgIpc) is 2.39. The molecule has 0 saturated heterocycles. The predicted octanol–water partition coefficient (Wildman–Crippen LogP) is 2.32. The normalized spacial score (nSPS) is 10.4. The van der Waals surface area contributed by atoms with E-state index in [0.717, 1.165) is 11.4 Å². The quantitative estimate of drug-likeness (QED) is 0.830. The van der Waals surface area contributed by atoms with E-state index < -0.39 is 0 Å². The molecule has 19 heavy (non-hydrogen) atoms. The van der Waals surface area contributed by atoms with E-state index in [9.17, 15) is 4.79 Å². The third-order valence-electron chi connectivity index (χ3n) is 2.78. The van der Waals surface area contributed by atoms with Crippen LogP contribution in [-0.2, 0) is 0 Å². The molecule has 0 bridgehead atoms. The first-order valence-electron chi connectivity index (χ1n) is 6.41. The van der Waals surface area contributed by atoms with Gasteiger partial charge in [-0.15, -0.1) is 0 Å². The van der Waals surface area contributed by atoms with Gasteiger partial charge in [0.1, 0.15) is 5.75 Å². The molecule has 0 aliphatic heterocycles. The molecule has 0 radical (unpaired) electrons. The number of hydrogen-bond acceptors (Lipinski definition) is 3. The van der Waals surface area contributed by atoms with Crippen LogP contribution in [-0.4, -0.2) is 42.3 Å². The zero-order valence-electron chi connectivity index (χ0n) is 11.7. The Morgan fingerprint density at radius 3 is 2.47 bits per heavy atom. The number of urea groups is 1. The third kappa shape index (κ3) is 4.79. The molecule has 2 amide bonds. The van der Waals surface area contributed by atoms with Crippen molar-refractivity contribution in [2.24, 2.45) is 0 Å². The minimum atomic E-state index is -0.159. The molecule has 5 nitrogen and oxygen atoms in total. The molecule has 0 aromatic heterocycles. The highest BCUT2D eigenvalue weighted by molar-refractivity contribution is 5.89. The Morgan fingerprint density at radius 2 is 2.00 bits per heavy atom. The van der Waals surface area contributed by atoms with E-state index in [2.05, 4.69) is 5.32 Å². The summed E-state index contributed by atoms with van der Waals surface area (Å²) in [6, 6.07) is 7.10. The van der Waals surface area contributed by atoms with Gasteiger partial charge in [0.15, 0.2) is 0 Å². The van der Waals surface area contributed by atoms with Crippen molar-refractivity contribution in [1.29, 1.82) is 0 Å². The number of anilines is 1. The topological polar surface area (TPSA) is 61.8 Å². The number of carbonyl (C=O) groups is 1. The maximum absolute atomic E-state index is 12.1. The summed E-state index contributed by atoms with van der Waals surface area (Å²) in [6.45, 7) is 4.52. The second-order valence-corrected chi connectivity index (χ2v) is 4.52. The molecule has 1 rings (SSSR count). The largest absolute Gasteiger partial charge is 0.497 e. The molecule has 2 N–H and O–H groups in total. The van der Waals surface area contributed by atoms with Crippen molar-refractivity contribution >= 4 is 11.7 Å². The van der Waals surface area contributed by atoms with Crippen molar-refractivity contribution in [3.8, 4) is 5.75 Å². The molecule has 0 aliphatic carbocycles. The van der Waals surface area contributed by atoms with Crippen LogP contribution in [0.4, 0.5) is 10.5 Å². The molecule has 106 valence electrons. The minimum absolute atomic E-state index is 0.0824. The highest BCUT2D eigenvalue weighted by Gasteiger charge is 2.16. The van der Waals surface area contributed by atoms with Crippen molar-refractivity contribution in [2.45, 2.75) is 26.3 Å². The van der Waals surface area contributed by atoms with Crippen LogP contribution in [0, 0.1) is 0 Å². The Hall–Kier alpha value is -1.75. The highest BCUT2D eigenvalue weighted by atomic mass is 16.5. The number of ether oxygens (including phenoxy) is 1. The molecule has 1 aromatic carbocycles. The zero-order valence-corrected chi connectivity index (χ0v) is 11.7. The molecular weight excluding hydrogens is 244 g/mol. The van der Waals surface area contributed by atoms with Gasteiger partial charge in [0.2, 0.25) is 0 Å². The Kier molecular flexibility index (Phi) is 6.15. The Bertz CT molecular complexity index is 390. The molecule has 0 spiro atoms. The first-order valence-corrected chi connectivity index (χ1v) is 6.41. The second-order valence-electron chi connectivity index (χ2n) is 4.52. The van der Waals surface area contributed by atoms with Crippen LogP contribution >= 0.6 is 0 Å². The maximum Gasteiger partial charge on any atom is 0.322 e. The average molecular weight is 266 g/mol. The first kappa shape index (κ1) is 15.3. The number of rotatable bonds is 6. The highest BCUT2D eigenvalue weighted by Crippen LogP contribution is 2.16. The van der Waals surface area contributed by atoms with Crippen molar-refractivity contribution in [3.05, 3.63) is 24.3 Å². The van der Waals surface area contributed by atoms with E-state index in [1.807, 2.05) is 13.8 Å². The molecule has 0 atom stereocenters. The van der Waals surface area contributed by atoms with Crippen molar-refractivity contribution < 1.29 is 14.6 Å². The van der Waals surface area contributed by atoms with Gasteiger partial charge in [-0.2, -0.15) is 0 Å². The van der Waals surface area contributed by atoms with Crippen LogP contribution in [0.1, 0.15) is 20.3 Å². The van der Waals surface area contributed by atoms with E-state index in [4.69, 9.17) is 9.84 Å². The zero-order chi connectivity index (χ0) is 14.3. The molecular formula is C14H22N2O3. The van der Waals surface area contributed by atoms with Gasteiger partial charge in [-0.3, -0.25) is 0 Å². The summed E-state index contributed by atoms with van der Waals surface area (Å²) in [5.74, 6) is 0.749. The van der Waals surface area contributed by atoms with Gasteiger partial charge in [-0.1, -0.05) is 0 Å². The lowest BCUT2D eigenvalue weighted by atomic mass is 10.3. The van der Waals surface area contributed by atoms with E-state index >= 15 is 0 Å². The monoisotopic (exact) mass is 266 g/mol. The summed E-state index contributed by atoms with van der Waals surface area (Å²) in [5.41, 5.74) is 0.723. The summed E-state index contributed by atoms with van der Waals surface area (Å²) in [5, 5.41) is 11.7. The number of methoxy groups -OCH3 is 1. The van der Waals surface area contributed by atoms with Crippen LogP contribution in [0.2, 0.25) is 0 Å². The smallest absolute Gasteiger partial charge is 0.322 e. The summed E-state index contributed by atoms with van der Waals surface area (Å²) in [7, 11) is 1.60. The van der Waals surface area contributed by atoms with Gasteiger partial charge in [0.25, 0.3) is 0 Å². The summed E-state index contributed by atoms with van der Waals surface area (Å²) in [6.07, 6.45) is 0.578. The number of nitrogens with zero attached hydrogens (tertiary/aromatic N) is 1. The first-order chi connectivity index (χ1) is 9.08. The molecule has 0 fully saturated rings. The lowest BCUT2D eigenvalue weighted by Crippen LogP contribution is -2.40. The number of benzene rings is 1. The molecule has 0 saturated carbocycles. The lowest BCUT2D eigenvalue weighted by Gasteiger charge is -2.26. The number of amides is 2. The Morgan fingerprint density at radius 1 is 1.37 bits per heavy atom. The Balaban J connectivity index is 2.64. The van der Waals surface area contributed by atoms with Gasteiger partial charge in [0.05, 0.1) is 7.11 Å². The van der Waals surface area contributed by atoms with E-state index in [0.29, 0.717) is 13.0 Å². The number of hydrogen-bond donors (Lipinski definition) is 2. The number of aliphatic hydroxyl groups is 1. The fourth-order valence-corrected chi connectivity index (χ4v) is 1.70. The summed E-state index contributed by atoms with van der Waals surface area (Å²) < 4.78 is 5.06. The summed E-state index contributed by atoms with van der Waals surface area (Å²) >= 11 is 0. The molecule has 0 heterocycles. The SMILES string of the molecule is COc1ccc(NC(=O)N(CCCO)C(C)C)cc1. The third-order valence-corrected chi connectivity index (χ3v) is 2.78. The molecule has 1 aromatic rings. The summed E-state index contributed by atoms with van der Waals surface area (Å²) in [4.78, 5) is 13.8. The van der Waals surface area contributed by atoms with Crippen molar-refractivity contribution in [1.82, 2.24) is 4.90 Å². The minimum Gasteiger partial charge on any atom is -0.497 e. The standard InChI is InChI=1S/C14H22N2O3/c1-11(2)16(9-4-10-17)14(18)15-12-5-7-13(19-3)8-6-12/h5-8,11,17H,4,9-10H2,1-3H3,(H,15,18). The maximum atomic E-state index is 12.1. The fraction of sp³-hybridized carbons (Fsp3) is 0.500. The molecule has 0 aliphatic rings. The van der Waals surface area contributed by atoms with Crippen LogP contribution in [0.5, 0.6) is 5.75 Å². The lowest BCUT2D eigenvalue weighted by molar-refractivity contribution is 0.186. The van der Waals surface area contributed by atoms with Gasteiger partial charge in [0, 0.05) is 24.9 Å². The van der Waals surface area contributed by atoms with Crippen LogP contribution in [0.25, 0.3) is 0 Å². The van der Waals surface area contributed by atoms with Crippen molar-refractivity contribution in [3.63, 3.8) is 0 Å². The van der Waals surface area contributed by atoms with E-state index in [1.54, 1.807) is 36.3 Å². The molecule has 5 heteroatoms. The van der Waals surface area contributed by atoms with Crippen molar-refractivity contribution in [2.75, 3.05) is 25.6 Å². The number of carbonyl (C=O) groups excluding carboxylic acids is 1. The number of aliphatic hydroxyl groups excluding tert-OH is 1. The van der Waals surface area contributed by atoms with Gasteiger partial charge in [-0.25, -0.2) is 4.79 Å². The molecule has 0 unspecified atom stereocenters. The van der Waals surface area contributed by atoms with E-state index in [-0.39, 0.29) is 18.7 Å². The van der Waals surface area contributed by atoms with Crippen LogP contribution < -0.4 is 10.1 Å². The Labute approximate surface area is 114 Å².